The Balaban J connectivity index is 1.79. The van der Waals surface area contributed by atoms with E-state index >= 15 is 0 Å². The Hall–Kier alpha value is -1.62. The first-order valence-electron chi connectivity index (χ1n) is 7.92. The highest BCUT2D eigenvalue weighted by molar-refractivity contribution is 5.76. The predicted octanol–water partition coefficient (Wildman–Crippen LogP) is 1.24. The highest BCUT2D eigenvalue weighted by atomic mass is 16.2. The number of hydrogen-bond donors (Lipinski definition) is 2. The number of pyridine rings is 1. The van der Waals surface area contributed by atoms with Crippen LogP contribution in [0.1, 0.15) is 55.8 Å². The molecule has 1 aromatic heterocycles. The van der Waals surface area contributed by atoms with Crippen LogP contribution in [0.15, 0.2) is 16.9 Å². The minimum atomic E-state index is -0.107. The Kier molecular flexibility index (Phi) is 4.10. The van der Waals surface area contributed by atoms with Crippen molar-refractivity contribution >= 4 is 5.91 Å². The number of rotatable bonds is 3. The van der Waals surface area contributed by atoms with Gasteiger partial charge in [0.25, 0.3) is 5.56 Å². The van der Waals surface area contributed by atoms with Gasteiger partial charge in [0.15, 0.2) is 0 Å². The maximum absolute atomic E-state index is 12.2. The van der Waals surface area contributed by atoms with Crippen molar-refractivity contribution in [1.29, 1.82) is 0 Å². The lowest BCUT2D eigenvalue weighted by atomic mass is 9.91. The van der Waals surface area contributed by atoms with Crippen LogP contribution in [-0.2, 0) is 17.8 Å². The first-order chi connectivity index (χ1) is 10.1. The molecule has 1 amide bonds. The maximum Gasteiger partial charge on any atom is 0.251 e. The number of aromatic nitrogens is 1. The molecular formula is C16H23N3O2. The largest absolute Gasteiger partial charge is 0.352 e. The minimum absolute atomic E-state index is 0.0153. The molecule has 3 N–H and O–H groups in total. The molecule has 5 heteroatoms. The van der Waals surface area contributed by atoms with Crippen molar-refractivity contribution < 1.29 is 4.79 Å². The van der Waals surface area contributed by atoms with E-state index in [1.807, 2.05) is 6.07 Å². The molecule has 0 spiro atoms. The predicted molar refractivity (Wildman–Crippen MR) is 81.0 cm³/mol. The van der Waals surface area contributed by atoms with Crippen LogP contribution in [-0.4, -0.2) is 16.5 Å². The minimum Gasteiger partial charge on any atom is -0.352 e. The Morgan fingerprint density at radius 2 is 2.00 bits per heavy atom. The van der Waals surface area contributed by atoms with Gasteiger partial charge >= 0.3 is 0 Å². The number of nitrogens with two attached hydrogens (primary N) is 1. The van der Waals surface area contributed by atoms with E-state index in [1.165, 1.54) is 18.9 Å². The molecule has 114 valence electrons. The summed E-state index contributed by atoms with van der Waals surface area (Å²) < 4.78 is 1.61. The first-order valence-corrected chi connectivity index (χ1v) is 7.92. The number of carbonyl (C=O) groups is 1. The van der Waals surface area contributed by atoms with E-state index in [9.17, 15) is 9.59 Å². The summed E-state index contributed by atoms with van der Waals surface area (Å²) in [6, 6.07) is 3.63. The van der Waals surface area contributed by atoms with Gasteiger partial charge in [-0.2, -0.15) is 0 Å². The fourth-order valence-electron chi connectivity index (χ4n) is 3.56. The maximum atomic E-state index is 12.2. The summed E-state index contributed by atoms with van der Waals surface area (Å²) in [5, 5.41) is 3.04. The van der Waals surface area contributed by atoms with Gasteiger partial charge in [-0.25, -0.2) is 0 Å². The van der Waals surface area contributed by atoms with E-state index in [-0.39, 0.29) is 30.1 Å². The third-order valence-corrected chi connectivity index (χ3v) is 4.68. The van der Waals surface area contributed by atoms with Crippen LogP contribution in [0.4, 0.5) is 0 Å². The third-order valence-electron chi connectivity index (χ3n) is 4.68. The van der Waals surface area contributed by atoms with Gasteiger partial charge in [-0.15, -0.1) is 0 Å². The van der Waals surface area contributed by atoms with Gasteiger partial charge in [-0.1, -0.05) is 18.9 Å². The van der Waals surface area contributed by atoms with Crippen LogP contribution < -0.4 is 16.6 Å². The summed E-state index contributed by atoms with van der Waals surface area (Å²) >= 11 is 0. The zero-order valence-corrected chi connectivity index (χ0v) is 12.3. The molecule has 0 aromatic carbocycles. The normalized spacial score (nSPS) is 22.0. The van der Waals surface area contributed by atoms with Crippen molar-refractivity contribution in [3.05, 3.63) is 33.7 Å². The topological polar surface area (TPSA) is 77.1 Å². The van der Waals surface area contributed by atoms with E-state index in [1.54, 1.807) is 4.57 Å². The van der Waals surface area contributed by atoms with Crippen molar-refractivity contribution in [3.8, 4) is 0 Å². The standard InChI is InChI=1S/C16H23N3O2/c17-13-6-3-7-14-12(13)8-9-16(21)19(14)10-15(20)18-11-4-1-2-5-11/h8-9,11,13H,1-7,10,17H2,(H,18,20). The number of carbonyl (C=O) groups excluding carboxylic acids is 1. The molecule has 2 aliphatic rings. The van der Waals surface area contributed by atoms with Crippen molar-refractivity contribution in [3.63, 3.8) is 0 Å². The second-order valence-electron chi connectivity index (χ2n) is 6.21. The Morgan fingerprint density at radius 3 is 2.76 bits per heavy atom. The molecule has 1 aromatic rings. The van der Waals surface area contributed by atoms with Crippen LogP contribution in [0.3, 0.4) is 0 Å². The van der Waals surface area contributed by atoms with Crippen LogP contribution in [0.2, 0.25) is 0 Å². The molecule has 0 saturated heterocycles. The highest BCUT2D eigenvalue weighted by Crippen LogP contribution is 2.26. The fourth-order valence-corrected chi connectivity index (χ4v) is 3.56. The molecule has 1 fully saturated rings. The number of hydrogen-bond acceptors (Lipinski definition) is 3. The van der Waals surface area contributed by atoms with Crippen molar-refractivity contribution in [2.75, 3.05) is 0 Å². The summed E-state index contributed by atoms with van der Waals surface area (Å²) in [7, 11) is 0. The Labute approximate surface area is 124 Å². The van der Waals surface area contributed by atoms with Gasteiger partial charge in [0, 0.05) is 23.8 Å². The SMILES string of the molecule is NC1CCCc2c1ccc(=O)n2CC(=O)NC1CCCC1. The van der Waals surface area contributed by atoms with Gasteiger partial charge in [-0.3, -0.25) is 9.59 Å². The van der Waals surface area contributed by atoms with Gasteiger partial charge < -0.3 is 15.6 Å². The molecule has 0 bridgehead atoms. The molecule has 0 aliphatic heterocycles. The zero-order chi connectivity index (χ0) is 14.8. The van der Waals surface area contributed by atoms with E-state index in [4.69, 9.17) is 5.73 Å². The molecule has 1 unspecified atom stereocenters. The van der Waals surface area contributed by atoms with Gasteiger partial charge in [0.1, 0.15) is 6.54 Å². The quantitative estimate of drug-likeness (QED) is 0.879. The summed E-state index contributed by atoms with van der Waals surface area (Å²) in [5.74, 6) is -0.0588. The van der Waals surface area contributed by atoms with E-state index < -0.39 is 0 Å². The fraction of sp³-hybridized carbons (Fsp3) is 0.625. The molecule has 1 atom stereocenters. The number of nitrogens with one attached hydrogen (secondary N) is 1. The van der Waals surface area contributed by atoms with Crippen molar-refractivity contribution in [1.82, 2.24) is 9.88 Å². The highest BCUT2D eigenvalue weighted by Gasteiger charge is 2.22. The zero-order valence-electron chi connectivity index (χ0n) is 12.3. The monoisotopic (exact) mass is 289 g/mol. The van der Waals surface area contributed by atoms with Crippen LogP contribution in [0.25, 0.3) is 0 Å². The van der Waals surface area contributed by atoms with Crippen LogP contribution in [0.5, 0.6) is 0 Å². The first kappa shape index (κ1) is 14.3. The summed E-state index contributed by atoms with van der Waals surface area (Å²) in [5.41, 5.74) is 7.97. The molecule has 1 saturated carbocycles. The Morgan fingerprint density at radius 1 is 1.24 bits per heavy atom. The van der Waals surface area contributed by atoms with E-state index in [0.29, 0.717) is 0 Å². The molecule has 5 nitrogen and oxygen atoms in total. The van der Waals surface area contributed by atoms with Gasteiger partial charge in [0.05, 0.1) is 0 Å². The van der Waals surface area contributed by atoms with Gasteiger partial charge in [-0.05, 0) is 37.7 Å². The lowest BCUT2D eigenvalue weighted by molar-refractivity contribution is -0.122. The van der Waals surface area contributed by atoms with E-state index in [0.717, 1.165) is 43.4 Å². The molecule has 3 rings (SSSR count). The summed E-state index contributed by atoms with van der Waals surface area (Å²) in [6.07, 6.45) is 7.22. The molecule has 21 heavy (non-hydrogen) atoms. The molecule has 2 aliphatic carbocycles. The second kappa shape index (κ2) is 6.02. The lowest BCUT2D eigenvalue weighted by Crippen LogP contribution is -2.39. The summed E-state index contributed by atoms with van der Waals surface area (Å²) in [6.45, 7) is 0.116. The molecule has 0 radical (unpaired) electrons. The Bertz CT molecular complexity index is 588. The number of amides is 1. The lowest BCUT2D eigenvalue weighted by Gasteiger charge is -2.25. The van der Waals surface area contributed by atoms with Crippen molar-refractivity contribution in [2.24, 2.45) is 5.73 Å². The third kappa shape index (κ3) is 3.02. The molecule has 1 heterocycles. The number of nitrogens with zero attached hydrogens (tertiary/aromatic N) is 1. The summed E-state index contributed by atoms with van der Waals surface area (Å²) in [4.78, 5) is 24.3. The number of fused-ring (bicyclic) bond motifs is 1. The van der Waals surface area contributed by atoms with E-state index in [2.05, 4.69) is 5.32 Å². The van der Waals surface area contributed by atoms with Crippen LogP contribution >= 0.6 is 0 Å². The van der Waals surface area contributed by atoms with Crippen LogP contribution in [0, 0.1) is 0 Å². The average molecular weight is 289 g/mol. The second-order valence-corrected chi connectivity index (χ2v) is 6.21. The molecular weight excluding hydrogens is 266 g/mol. The van der Waals surface area contributed by atoms with Crippen molar-refractivity contribution in [2.45, 2.75) is 63.6 Å². The van der Waals surface area contributed by atoms with Gasteiger partial charge in [0.2, 0.25) is 5.91 Å². The average Bonchev–Trinajstić information content (AvgIpc) is 2.95. The smallest absolute Gasteiger partial charge is 0.251 e.